The fourth-order valence-corrected chi connectivity index (χ4v) is 2.26. The van der Waals surface area contributed by atoms with Crippen molar-refractivity contribution in [1.29, 1.82) is 0 Å². The first-order valence-corrected chi connectivity index (χ1v) is 7.22. The molecule has 1 atom stereocenters. The normalized spacial score (nSPS) is 12.8. The van der Waals surface area contributed by atoms with Gasteiger partial charge in [-0.15, -0.1) is 0 Å². The molecule has 0 spiro atoms. The molecule has 2 aromatic rings. The van der Waals surface area contributed by atoms with Gasteiger partial charge < -0.3 is 5.73 Å². The zero-order valence-corrected chi connectivity index (χ0v) is 12.5. The molecule has 108 valence electrons. The SMILES string of the molecule is CCC(CC)n1ccc(CC(N)c2ncc(C)cn2)n1. The van der Waals surface area contributed by atoms with Crippen molar-refractivity contribution in [3.63, 3.8) is 0 Å². The molecule has 0 saturated heterocycles. The number of aromatic nitrogens is 4. The van der Waals surface area contributed by atoms with Gasteiger partial charge >= 0.3 is 0 Å². The lowest BCUT2D eigenvalue weighted by Crippen LogP contribution is -2.17. The highest BCUT2D eigenvalue weighted by Gasteiger charge is 2.13. The molecule has 2 rings (SSSR count). The van der Waals surface area contributed by atoms with E-state index in [2.05, 4.69) is 28.9 Å². The van der Waals surface area contributed by atoms with Crippen LogP contribution in [0, 0.1) is 6.92 Å². The Kier molecular flexibility index (Phi) is 4.84. The van der Waals surface area contributed by atoms with Gasteiger partial charge in [0.2, 0.25) is 0 Å². The second-order valence-electron chi connectivity index (χ2n) is 5.19. The molecule has 1 unspecified atom stereocenters. The number of nitrogens with zero attached hydrogens (tertiary/aromatic N) is 4. The number of aryl methyl sites for hydroxylation is 1. The first-order valence-electron chi connectivity index (χ1n) is 7.22. The summed E-state index contributed by atoms with van der Waals surface area (Å²) in [6, 6.07) is 2.29. The molecule has 5 heteroatoms. The Morgan fingerprint density at radius 2 is 1.85 bits per heavy atom. The van der Waals surface area contributed by atoms with Gasteiger partial charge in [-0.25, -0.2) is 9.97 Å². The highest BCUT2D eigenvalue weighted by Crippen LogP contribution is 2.16. The van der Waals surface area contributed by atoms with Crippen LogP contribution in [0.15, 0.2) is 24.7 Å². The van der Waals surface area contributed by atoms with Gasteiger partial charge in [-0.05, 0) is 31.4 Å². The van der Waals surface area contributed by atoms with E-state index >= 15 is 0 Å². The Morgan fingerprint density at radius 1 is 1.20 bits per heavy atom. The maximum atomic E-state index is 6.15. The third-order valence-corrected chi connectivity index (χ3v) is 3.54. The Labute approximate surface area is 120 Å². The van der Waals surface area contributed by atoms with Crippen molar-refractivity contribution < 1.29 is 0 Å². The van der Waals surface area contributed by atoms with Crippen LogP contribution in [0.5, 0.6) is 0 Å². The highest BCUT2D eigenvalue weighted by molar-refractivity contribution is 5.08. The number of hydrogen-bond donors (Lipinski definition) is 1. The third-order valence-electron chi connectivity index (χ3n) is 3.54. The first kappa shape index (κ1) is 14.7. The lowest BCUT2D eigenvalue weighted by atomic mass is 10.1. The standard InChI is InChI=1S/C15H23N5/c1-4-13(5-2)20-7-6-12(19-20)8-14(16)15-17-9-11(3)10-18-15/h6-7,9-10,13-14H,4-5,8,16H2,1-3H3. The maximum Gasteiger partial charge on any atom is 0.145 e. The Bertz CT molecular complexity index is 527. The second kappa shape index (κ2) is 6.61. The van der Waals surface area contributed by atoms with Crippen molar-refractivity contribution in [3.05, 3.63) is 41.7 Å². The van der Waals surface area contributed by atoms with Crippen LogP contribution in [0.25, 0.3) is 0 Å². The molecule has 0 radical (unpaired) electrons. The molecule has 2 N–H and O–H groups in total. The predicted octanol–water partition coefficient (Wildman–Crippen LogP) is 2.59. The summed E-state index contributed by atoms with van der Waals surface area (Å²) < 4.78 is 2.04. The number of nitrogens with two attached hydrogens (primary N) is 1. The van der Waals surface area contributed by atoms with E-state index in [4.69, 9.17) is 5.73 Å². The van der Waals surface area contributed by atoms with Crippen LogP contribution in [-0.4, -0.2) is 19.7 Å². The lowest BCUT2D eigenvalue weighted by Gasteiger charge is -2.13. The maximum absolute atomic E-state index is 6.15. The molecule has 0 aliphatic carbocycles. The summed E-state index contributed by atoms with van der Waals surface area (Å²) in [6.07, 6.45) is 8.47. The van der Waals surface area contributed by atoms with E-state index in [1.165, 1.54) is 0 Å². The van der Waals surface area contributed by atoms with E-state index in [1.54, 1.807) is 12.4 Å². The van der Waals surface area contributed by atoms with Gasteiger partial charge in [0.1, 0.15) is 5.82 Å². The summed E-state index contributed by atoms with van der Waals surface area (Å²) in [5.74, 6) is 0.674. The largest absolute Gasteiger partial charge is 0.321 e. The average molecular weight is 273 g/mol. The molecule has 0 aromatic carbocycles. The number of hydrogen-bond acceptors (Lipinski definition) is 4. The van der Waals surface area contributed by atoms with E-state index in [0.29, 0.717) is 18.3 Å². The van der Waals surface area contributed by atoms with Crippen molar-refractivity contribution >= 4 is 0 Å². The van der Waals surface area contributed by atoms with Crippen molar-refractivity contribution in [2.24, 2.45) is 5.73 Å². The zero-order valence-electron chi connectivity index (χ0n) is 12.5. The molecule has 2 aromatic heterocycles. The van der Waals surface area contributed by atoms with Crippen LogP contribution < -0.4 is 5.73 Å². The molecule has 0 fully saturated rings. The molecule has 0 aliphatic rings. The van der Waals surface area contributed by atoms with Crippen molar-refractivity contribution in [2.75, 3.05) is 0 Å². The van der Waals surface area contributed by atoms with E-state index in [1.807, 2.05) is 23.9 Å². The van der Waals surface area contributed by atoms with E-state index in [-0.39, 0.29) is 6.04 Å². The van der Waals surface area contributed by atoms with E-state index in [9.17, 15) is 0 Å². The fourth-order valence-electron chi connectivity index (χ4n) is 2.26. The Hall–Kier alpha value is -1.75. The summed E-state index contributed by atoms with van der Waals surface area (Å²) in [7, 11) is 0. The van der Waals surface area contributed by atoms with Crippen LogP contribution in [-0.2, 0) is 6.42 Å². The molecule has 5 nitrogen and oxygen atoms in total. The van der Waals surface area contributed by atoms with Crippen molar-refractivity contribution in [2.45, 2.75) is 52.1 Å². The van der Waals surface area contributed by atoms with Crippen LogP contribution in [0.3, 0.4) is 0 Å². The summed E-state index contributed by atoms with van der Waals surface area (Å²) in [5, 5.41) is 4.62. The first-order chi connectivity index (χ1) is 9.63. The van der Waals surface area contributed by atoms with Crippen LogP contribution >= 0.6 is 0 Å². The minimum Gasteiger partial charge on any atom is -0.321 e. The fraction of sp³-hybridized carbons (Fsp3) is 0.533. The summed E-state index contributed by atoms with van der Waals surface area (Å²) in [4.78, 5) is 8.56. The van der Waals surface area contributed by atoms with Gasteiger partial charge in [-0.2, -0.15) is 5.10 Å². The molecular formula is C15H23N5. The second-order valence-corrected chi connectivity index (χ2v) is 5.19. The van der Waals surface area contributed by atoms with Crippen LogP contribution in [0.4, 0.5) is 0 Å². The zero-order chi connectivity index (χ0) is 14.5. The number of rotatable bonds is 6. The Balaban J connectivity index is 2.04. The summed E-state index contributed by atoms with van der Waals surface area (Å²) >= 11 is 0. The lowest BCUT2D eigenvalue weighted by molar-refractivity contribution is 0.424. The minimum absolute atomic E-state index is 0.208. The molecule has 2 heterocycles. The van der Waals surface area contributed by atoms with Gasteiger partial charge in [0.15, 0.2) is 0 Å². The molecule has 0 aliphatic heterocycles. The molecule has 0 saturated carbocycles. The van der Waals surface area contributed by atoms with Gasteiger partial charge in [-0.3, -0.25) is 4.68 Å². The summed E-state index contributed by atoms with van der Waals surface area (Å²) in [5.41, 5.74) is 8.19. The van der Waals surface area contributed by atoms with Crippen molar-refractivity contribution in [1.82, 2.24) is 19.7 Å². The monoisotopic (exact) mass is 273 g/mol. The molecule has 0 bridgehead atoms. The van der Waals surface area contributed by atoms with Crippen LogP contribution in [0.2, 0.25) is 0 Å². The van der Waals surface area contributed by atoms with Gasteiger partial charge in [0.05, 0.1) is 17.8 Å². The average Bonchev–Trinajstić information content (AvgIpc) is 2.89. The van der Waals surface area contributed by atoms with E-state index < -0.39 is 0 Å². The highest BCUT2D eigenvalue weighted by atomic mass is 15.3. The molecular weight excluding hydrogens is 250 g/mol. The summed E-state index contributed by atoms with van der Waals surface area (Å²) in [6.45, 7) is 6.33. The van der Waals surface area contributed by atoms with E-state index in [0.717, 1.165) is 24.1 Å². The third kappa shape index (κ3) is 3.42. The van der Waals surface area contributed by atoms with Gasteiger partial charge in [0, 0.05) is 25.0 Å². The predicted molar refractivity (Wildman–Crippen MR) is 79.2 cm³/mol. The van der Waals surface area contributed by atoms with Crippen molar-refractivity contribution in [3.8, 4) is 0 Å². The smallest absolute Gasteiger partial charge is 0.145 e. The topological polar surface area (TPSA) is 69.6 Å². The molecule has 20 heavy (non-hydrogen) atoms. The van der Waals surface area contributed by atoms with Gasteiger partial charge in [-0.1, -0.05) is 13.8 Å². The Morgan fingerprint density at radius 3 is 2.45 bits per heavy atom. The quantitative estimate of drug-likeness (QED) is 0.878. The van der Waals surface area contributed by atoms with Crippen LogP contribution in [0.1, 0.15) is 55.9 Å². The molecule has 0 amide bonds. The minimum atomic E-state index is -0.208. The van der Waals surface area contributed by atoms with Gasteiger partial charge in [0.25, 0.3) is 0 Å².